The van der Waals surface area contributed by atoms with Gasteiger partial charge in [0.05, 0.1) is 10.8 Å². The number of rotatable bonds is 6. The van der Waals surface area contributed by atoms with E-state index in [2.05, 4.69) is 12.2 Å². The van der Waals surface area contributed by atoms with Crippen LogP contribution in [0.1, 0.15) is 20.3 Å². The van der Waals surface area contributed by atoms with Crippen molar-refractivity contribution in [2.45, 2.75) is 31.2 Å². The van der Waals surface area contributed by atoms with Gasteiger partial charge in [-0.15, -0.1) is 0 Å². The average molecular weight is 243 g/mol. The molecule has 0 saturated carbocycles. The van der Waals surface area contributed by atoms with Crippen LogP contribution in [-0.4, -0.2) is 22.5 Å². The van der Waals surface area contributed by atoms with Gasteiger partial charge in [0, 0.05) is 16.7 Å². The Morgan fingerprint density at radius 2 is 2.19 bits per heavy atom. The highest BCUT2D eigenvalue weighted by Crippen LogP contribution is 2.10. The highest BCUT2D eigenvalue weighted by Gasteiger charge is 2.11. The van der Waals surface area contributed by atoms with Gasteiger partial charge in [0.25, 0.3) is 0 Å². The van der Waals surface area contributed by atoms with Gasteiger partial charge in [0.1, 0.15) is 5.82 Å². The van der Waals surface area contributed by atoms with Crippen molar-refractivity contribution in [1.29, 1.82) is 0 Å². The van der Waals surface area contributed by atoms with Crippen LogP contribution in [0.5, 0.6) is 0 Å². The SMILES string of the molecule is CCNC(CC)CS(=O)c1cccc(F)c1. The van der Waals surface area contributed by atoms with Gasteiger partial charge in [0.15, 0.2) is 0 Å². The zero-order chi connectivity index (χ0) is 12.0. The number of hydrogen-bond donors (Lipinski definition) is 1. The quantitative estimate of drug-likeness (QED) is 0.831. The summed E-state index contributed by atoms with van der Waals surface area (Å²) in [7, 11) is -1.13. The second-order valence-electron chi connectivity index (χ2n) is 3.63. The first-order valence-corrected chi connectivity index (χ1v) is 6.86. The molecule has 90 valence electrons. The van der Waals surface area contributed by atoms with Crippen LogP contribution in [0.2, 0.25) is 0 Å². The lowest BCUT2D eigenvalue weighted by Crippen LogP contribution is -2.33. The van der Waals surface area contributed by atoms with Gasteiger partial charge in [-0.05, 0) is 31.2 Å². The summed E-state index contributed by atoms with van der Waals surface area (Å²) < 4.78 is 24.9. The highest BCUT2D eigenvalue weighted by molar-refractivity contribution is 7.85. The van der Waals surface area contributed by atoms with E-state index in [1.807, 2.05) is 6.92 Å². The Hall–Kier alpha value is -0.740. The lowest BCUT2D eigenvalue weighted by Gasteiger charge is -2.15. The Morgan fingerprint density at radius 3 is 2.75 bits per heavy atom. The van der Waals surface area contributed by atoms with E-state index in [0.29, 0.717) is 10.6 Å². The van der Waals surface area contributed by atoms with Crippen molar-refractivity contribution in [3.05, 3.63) is 30.1 Å². The normalized spacial score (nSPS) is 14.7. The number of halogens is 1. The summed E-state index contributed by atoms with van der Waals surface area (Å²) in [6, 6.07) is 6.24. The highest BCUT2D eigenvalue weighted by atomic mass is 32.2. The average Bonchev–Trinajstić information content (AvgIpc) is 2.28. The topological polar surface area (TPSA) is 29.1 Å². The summed E-state index contributed by atoms with van der Waals surface area (Å²) in [5.74, 6) is 0.204. The van der Waals surface area contributed by atoms with Gasteiger partial charge in [-0.2, -0.15) is 0 Å². The molecule has 1 aromatic carbocycles. The minimum atomic E-state index is -1.13. The van der Waals surface area contributed by atoms with Crippen molar-refractivity contribution in [2.24, 2.45) is 0 Å². The van der Waals surface area contributed by atoms with Crippen LogP contribution < -0.4 is 5.32 Å². The second kappa shape index (κ2) is 6.76. The third-order valence-electron chi connectivity index (χ3n) is 2.40. The molecule has 2 atom stereocenters. The largest absolute Gasteiger partial charge is 0.313 e. The number of nitrogens with one attached hydrogen (secondary N) is 1. The van der Waals surface area contributed by atoms with Crippen LogP contribution >= 0.6 is 0 Å². The third-order valence-corrected chi connectivity index (χ3v) is 3.88. The molecule has 0 aliphatic carbocycles. The van der Waals surface area contributed by atoms with Crippen LogP contribution in [0.15, 0.2) is 29.2 Å². The minimum Gasteiger partial charge on any atom is -0.313 e. The molecule has 0 amide bonds. The van der Waals surface area contributed by atoms with Gasteiger partial charge in [-0.25, -0.2) is 4.39 Å². The number of hydrogen-bond acceptors (Lipinski definition) is 2. The van der Waals surface area contributed by atoms with E-state index < -0.39 is 10.8 Å². The summed E-state index contributed by atoms with van der Waals surface area (Å²) in [5.41, 5.74) is 0. The summed E-state index contributed by atoms with van der Waals surface area (Å²) in [5, 5.41) is 3.26. The van der Waals surface area contributed by atoms with Crippen LogP contribution in [0, 0.1) is 5.82 Å². The smallest absolute Gasteiger partial charge is 0.124 e. The first-order chi connectivity index (χ1) is 7.67. The van der Waals surface area contributed by atoms with Gasteiger partial charge < -0.3 is 5.32 Å². The predicted octanol–water partition coefficient (Wildman–Crippen LogP) is 2.32. The van der Waals surface area contributed by atoms with E-state index >= 15 is 0 Å². The van der Waals surface area contributed by atoms with E-state index in [0.717, 1.165) is 13.0 Å². The van der Waals surface area contributed by atoms with Crippen LogP contribution in [-0.2, 0) is 10.8 Å². The maximum Gasteiger partial charge on any atom is 0.124 e. The summed E-state index contributed by atoms with van der Waals surface area (Å²) >= 11 is 0. The van der Waals surface area contributed by atoms with Crippen LogP contribution in [0.4, 0.5) is 4.39 Å². The third kappa shape index (κ3) is 4.02. The van der Waals surface area contributed by atoms with Crippen molar-refractivity contribution in [1.82, 2.24) is 5.32 Å². The Balaban J connectivity index is 2.64. The molecule has 1 N–H and O–H groups in total. The molecule has 1 rings (SSSR count). The molecule has 1 aromatic rings. The second-order valence-corrected chi connectivity index (χ2v) is 5.13. The molecule has 0 heterocycles. The van der Waals surface area contributed by atoms with Crippen molar-refractivity contribution < 1.29 is 8.60 Å². The zero-order valence-corrected chi connectivity index (χ0v) is 10.5. The Morgan fingerprint density at radius 1 is 1.44 bits per heavy atom. The molecule has 2 nitrogen and oxygen atoms in total. The molecule has 0 bridgehead atoms. The fourth-order valence-corrected chi connectivity index (χ4v) is 2.88. The maximum atomic E-state index is 12.9. The van der Waals surface area contributed by atoms with Gasteiger partial charge in [-0.3, -0.25) is 4.21 Å². The molecular formula is C12H18FNOS. The zero-order valence-electron chi connectivity index (χ0n) is 9.70. The lowest BCUT2D eigenvalue weighted by molar-refractivity contribution is 0.552. The van der Waals surface area contributed by atoms with Gasteiger partial charge in [0.2, 0.25) is 0 Å². The molecule has 0 spiro atoms. The molecule has 16 heavy (non-hydrogen) atoms. The van der Waals surface area contributed by atoms with Crippen LogP contribution in [0.3, 0.4) is 0 Å². The summed E-state index contributed by atoms with van der Waals surface area (Å²) in [4.78, 5) is 0.566. The minimum absolute atomic E-state index is 0.231. The van der Waals surface area contributed by atoms with E-state index in [9.17, 15) is 8.60 Å². The maximum absolute atomic E-state index is 12.9. The first-order valence-electron chi connectivity index (χ1n) is 5.54. The molecule has 2 unspecified atom stereocenters. The van der Waals surface area contributed by atoms with Crippen molar-refractivity contribution >= 4 is 10.8 Å². The Kier molecular flexibility index (Phi) is 5.63. The fourth-order valence-electron chi connectivity index (χ4n) is 1.50. The predicted molar refractivity (Wildman–Crippen MR) is 65.4 cm³/mol. The monoisotopic (exact) mass is 243 g/mol. The van der Waals surface area contributed by atoms with Gasteiger partial charge >= 0.3 is 0 Å². The van der Waals surface area contributed by atoms with E-state index in [1.54, 1.807) is 12.1 Å². The van der Waals surface area contributed by atoms with Crippen LogP contribution in [0.25, 0.3) is 0 Å². The van der Waals surface area contributed by atoms with E-state index in [1.165, 1.54) is 12.1 Å². The summed E-state index contributed by atoms with van der Waals surface area (Å²) in [6.07, 6.45) is 0.925. The number of benzene rings is 1. The molecule has 0 aromatic heterocycles. The Bertz CT molecular complexity index is 357. The van der Waals surface area contributed by atoms with Crippen molar-refractivity contribution in [3.8, 4) is 0 Å². The van der Waals surface area contributed by atoms with Crippen molar-refractivity contribution in [3.63, 3.8) is 0 Å². The Labute approximate surface area is 98.7 Å². The molecule has 4 heteroatoms. The van der Waals surface area contributed by atoms with Crippen molar-refractivity contribution in [2.75, 3.05) is 12.3 Å². The molecule has 0 aliphatic rings. The molecule has 0 radical (unpaired) electrons. The fraction of sp³-hybridized carbons (Fsp3) is 0.500. The van der Waals surface area contributed by atoms with E-state index in [4.69, 9.17) is 0 Å². The standard InChI is InChI=1S/C12H18FNOS/c1-3-11(14-4-2)9-16(15)12-7-5-6-10(13)8-12/h5-8,11,14H,3-4,9H2,1-2H3. The van der Waals surface area contributed by atoms with Gasteiger partial charge in [-0.1, -0.05) is 19.9 Å². The molecular weight excluding hydrogens is 225 g/mol. The lowest BCUT2D eigenvalue weighted by atomic mass is 10.2. The summed E-state index contributed by atoms with van der Waals surface area (Å²) in [6.45, 7) is 4.93. The molecule has 0 fully saturated rings. The first kappa shape index (κ1) is 13.3. The molecule has 0 saturated heterocycles. The molecule has 0 aliphatic heterocycles. The van der Waals surface area contributed by atoms with E-state index in [-0.39, 0.29) is 11.9 Å².